The van der Waals surface area contributed by atoms with Gasteiger partial charge in [0.25, 0.3) is 0 Å². The molecule has 0 aromatic heterocycles. The Bertz CT molecular complexity index is 315. The highest BCUT2D eigenvalue weighted by molar-refractivity contribution is 9.10. The number of rotatable bonds is 4. The highest BCUT2D eigenvalue weighted by Gasteiger charge is 2.07. The van der Waals surface area contributed by atoms with Crippen LogP contribution in [0.25, 0.3) is 0 Å². The first-order valence-electron chi connectivity index (χ1n) is 4.48. The lowest BCUT2D eigenvalue weighted by Gasteiger charge is -2.04. The third-order valence-corrected chi connectivity index (χ3v) is 2.60. The molecule has 0 aliphatic rings. The Labute approximate surface area is 90.4 Å². The fraction of sp³-hybridized carbons (Fsp3) is 0.400. The van der Waals surface area contributed by atoms with E-state index in [1.54, 1.807) is 0 Å². The van der Waals surface area contributed by atoms with Crippen molar-refractivity contribution in [3.63, 3.8) is 0 Å². The summed E-state index contributed by atoms with van der Waals surface area (Å²) in [5.41, 5.74) is 5.86. The van der Waals surface area contributed by atoms with E-state index in [4.69, 9.17) is 5.73 Å². The van der Waals surface area contributed by atoms with Gasteiger partial charge >= 0.3 is 0 Å². The van der Waals surface area contributed by atoms with Crippen LogP contribution in [0.3, 0.4) is 0 Å². The molecule has 1 nitrogen and oxygen atoms in total. The van der Waals surface area contributed by atoms with Gasteiger partial charge in [0.1, 0.15) is 11.6 Å². The molecule has 0 atom stereocenters. The van der Waals surface area contributed by atoms with Crippen molar-refractivity contribution in [2.75, 3.05) is 6.54 Å². The Balaban J connectivity index is 2.72. The molecule has 0 aliphatic heterocycles. The molecule has 0 saturated carbocycles. The molecule has 1 aromatic rings. The minimum absolute atomic E-state index is 0.307. The van der Waals surface area contributed by atoms with Crippen LogP contribution in [0.2, 0.25) is 0 Å². The first-order chi connectivity index (χ1) is 6.65. The lowest BCUT2D eigenvalue weighted by atomic mass is 10.1. The molecule has 0 aliphatic carbocycles. The normalized spacial score (nSPS) is 10.6. The second-order valence-corrected chi connectivity index (χ2v) is 3.96. The number of hydrogen-bond acceptors (Lipinski definition) is 1. The van der Waals surface area contributed by atoms with E-state index in [1.807, 2.05) is 0 Å². The summed E-state index contributed by atoms with van der Waals surface area (Å²) in [6, 6.07) is 2.39. The fourth-order valence-corrected chi connectivity index (χ4v) is 1.61. The van der Waals surface area contributed by atoms with Gasteiger partial charge in [-0.1, -0.05) is 0 Å². The molecule has 0 heterocycles. The van der Waals surface area contributed by atoms with Crippen LogP contribution in [0, 0.1) is 11.6 Å². The molecular formula is C10H12BrF2N. The first kappa shape index (κ1) is 11.6. The van der Waals surface area contributed by atoms with Crippen molar-refractivity contribution in [3.05, 3.63) is 33.8 Å². The van der Waals surface area contributed by atoms with Gasteiger partial charge in [-0.05, 0) is 53.4 Å². The van der Waals surface area contributed by atoms with Crippen molar-refractivity contribution >= 4 is 15.9 Å². The topological polar surface area (TPSA) is 26.0 Å². The fourth-order valence-electron chi connectivity index (χ4n) is 1.22. The Morgan fingerprint density at radius 3 is 2.50 bits per heavy atom. The SMILES string of the molecule is NCCCCc1cc(Br)c(F)cc1F. The van der Waals surface area contributed by atoms with E-state index in [1.165, 1.54) is 6.07 Å². The van der Waals surface area contributed by atoms with Crippen molar-refractivity contribution in [1.29, 1.82) is 0 Å². The summed E-state index contributed by atoms with van der Waals surface area (Å²) in [6.07, 6.45) is 2.28. The third-order valence-electron chi connectivity index (χ3n) is 1.99. The first-order valence-corrected chi connectivity index (χ1v) is 5.28. The van der Waals surface area contributed by atoms with Gasteiger partial charge in [-0.25, -0.2) is 8.78 Å². The zero-order valence-corrected chi connectivity index (χ0v) is 9.28. The van der Waals surface area contributed by atoms with Gasteiger partial charge in [0.05, 0.1) is 4.47 Å². The lowest BCUT2D eigenvalue weighted by Crippen LogP contribution is -2.00. The Morgan fingerprint density at radius 1 is 1.14 bits per heavy atom. The van der Waals surface area contributed by atoms with Crippen molar-refractivity contribution in [2.45, 2.75) is 19.3 Å². The average Bonchev–Trinajstić information content (AvgIpc) is 2.14. The van der Waals surface area contributed by atoms with Crippen LogP contribution in [-0.2, 0) is 6.42 Å². The van der Waals surface area contributed by atoms with Gasteiger partial charge in [-0.15, -0.1) is 0 Å². The molecule has 78 valence electrons. The van der Waals surface area contributed by atoms with E-state index in [2.05, 4.69) is 15.9 Å². The van der Waals surface area contributed by atoms with Gasteiger partial charge in [0.2, 0.25) is 0 Å². The van der Waals surface area contributed by atoms with Crippen LogP contribution in [0.5, 0.6) is 0 Å². The third kappa shape index (κ3) is 3.03. The van der Waals surface area contributed by atoms with Gasteiger partial charge < -0.3 is 5.73 Å². The van der Waals surface area contributed by atoms with E-state index >= 15 is 0 Å². The summed E-state index contributed by atoms with van der Waals surface area (Å²) in [5.74, 6) is -1.05. The van der Waals surface area contributed by atoms with Crippen molar-refractivity contribution in [2.24, 2.45) is 5.73 Å². The van der Waals surface area contributed by atoms with E-state index in [0.717, 1.165) is 18.9 Å². The molecular weight excluding hydrogens is 252 g/mol. The Hall–Kier alpha value is -0.480. The molecule has 0 saturated heterocycles. The maximum Gasteiger partial charge on any atom is 0.140 e. The molecule has 0 radical (unpaired) electrons. The Kier molecular flexibility index (Phi) is 4.48. The van der Waals surface area contributed by atoms with Gasteiger partial charge in [0, 0.05) is 6.07 Å². The number of halogens is 3. The summed E-state index contributed by atoms with van der Waals surface area (Å²) >= 11 is 3.02. The predicted octanol–water partition coefficient (Wildman–Crippen LogP) is 3.01. The zero-order valence-electron chi connectivity index (χ0n) is 7.69. The number of benzene rings is 1. The molecule has 2 N–H and O–H groups in total. The minimum atomic E-state index is -0.565. The van der Waals surface area contributed by atoms with Gasteiger partial charge in [0.15, 0.2) is 0 Å². The summed E-state index contributed by atoms with van der Waals surface area (Å²) in [7, 11) is 0. The van der Waals surface area contributed by atoms with E-state index in [-0.39, 0.29) is 0 Å². The smallest absolute Gasteiger partial charge is 0.140 e. The van der Waals surface area contributed by atoms with Gasteiger partial charge in [-0.3, -0.25) is 0 Å². The molecule has 0 bridgehead atoms. The lowest BCUT2D eigenvalue weighted by molar-refractivity contribution is 0.564. The largest absolute Gasteiger partial charge is 0.330 e. The maximum absolute atomic E-state index is 13.2. The monoisotopic (exact) mass is 263 g/mol. The summed E-state index contributed by atoms with van der Waals surface area (Å²) in [4.78, 5) is 0. The number of nitrogens with two attached hydrogens (primary N) is 1. The summed E-state index contributed by atoms with van der Waals surface area (Å²) in [6.45, 7) is 0.601. The summed E-state index contributed by atoms with van der Waals surface area (Å²) < 4.78 is 26.3. The van der Waals surface area contributed by atoms with Crippen molar-refractivity contribution in [3.8, 4) is 0 Å². The maximum atomic E-state index is 13.2. The van der Waals surface area contributed by atoms with Crippen LogP contribution >= 0.6 is 15.9 Å². The zero-order chi connectivity index (χ0) is 10.6. The minimum Gasteiger partial charge on any atom is -0.330 e. The quantitative estimate of drug-likeness (QED) is 0.656. The van der Waals surface area contributed by atoms with Crippen molar-refractivity contribution < 1.29 is 8.78 Å². The molecule has 0 spiro atoms. The average molecular weight is 264 g/mol. The van der Waals surface area contributed by atoms with Crippen LogP contribution in [-0.4, -0.2) is 6.54 Å². The number of hydrogen-bond donors (Lipinski definition) is 1. The van der Waals surface area contributed by atoms with Crippen LogP contribution in [0.1, 0.15) is 18.4 Å². The molecule has 1 aromatic carbocycles. The Morgan fingerprint density at radius 2 is 1.86 bits per heavy atom. The van der Waals surface area contributed by atoms with Crippen molar-refractivity contribution in [1.82, 2.24) is 0 Å². The van der Waals surface area contributed by atoms with Crippen LogP contribution in [0.15, 0.2) is 16.6 Å². The van der Waals surface area contributed by atoms with Crippen LogP contribution in [0.4, 0.5) is 8.78 Å². The number of aryl methyl sites for hydroxylation is 1. The van der Waals surface area contributed by atoms with Gasteiger partial charge in [-0.2, -0.15) is 0 Å². The highest BCUT2D eigenvalue weighted by atomic mass is 79.9. The number of unbranched alkanes of at least 4 members (excludes halogenated alkanes) is 1. The second-order valence-electron chi connectivity index (χ2n) is 3.10. The predicted molar refractivity (Wildman–Crippen MR) is 56.1 cm³/mol. The standard InChI is InChI=1S/C10H12BrF2N/c11-8-5-7(3-1-2-4-14)9(12)6-10(8)13/h5-6H,1-4,14H2. The molecule has 4 heteroatoms. The highest BCUT2D eigenvalue weighted by Crippen LogP contribution is 2.21. The van der Waals surface area contributed by atoms with E-state index < -0.39 is 11.6 Å². The molecule has 0 fully saturated rings. The van der Waals surface area contributed by atoms with E-state index in [0.29, 0.717) is 23.0 Å². The molecule has 1 rings (SSSR count). The molecule has 0 amide bonds. The molecule has 14 heavy (non-hydrogen) atoms. The van der Waals surface area contributed by atoms with Crippen LogP contribution < -0.4 is 5.73 Å². The summed E-state index contributed by atoms with van der Waals surface area (Å²) in [5, 5.41) is 0. The molecule has 0 unspecified atom stereocenters. The van der Waals surface area contributed by atoms with E-state index in [9.17, 15) is 8.78 Å². The second kappa shape index (κ2) is 5.41.